The minimum Gasteiger partial charge on any atom is -0.444 e. The van der Waals surface area contributed by atoms with Gasteiger partial charge in [-0.3, -0.25) is 4.79 Å². The van der Waals surface area contributed by atoms with Crippen molar-refractivity contribution in [3.63, 3.8) is 0 Å². The molecule has 0 aliphatic heterocycles. The summed E-state index contributed by atoms with van der Waals surface area (Å²) >= 11 is 0. The van der Waals surface area contributed by atoms with E-state index in [1.165, 1.54) is 0 Å². The van der Waals surface area contributed by atoms with Crippen LogP contribution in [0.4, 0.5) is 4.79 Å². The van der Waals surface area contributed by atoms with Gasteiger partial charge in [-0.2, -0.15) is 0 Å². The fourth-order valence-corrected chi connectivity index (χ4v) is 3.89. The number of hydrogen-bond donors (Lipinski definition) is 1. The molecule has 1 fully saturated rings. The van der Waals surface area contributed by atoms with Crippen molar-refractivity contribution >= 4 is 18.3 Å². The number of nitrogens with one attached hydrogen (secondary N) is 1. The number of alkyl carbamates (subject to hydrolysis) is 1. The van der Waals surface area contributed by atoms with Crippen LogP contribution in [-0.2, 0) is 19.7 Å². The molecule has 6 heteroatoms. The normalized spacial score (nSPS) is 22.1. The Kier molecular flexibility index (Phi) is 6.86. The summed E-state index contributed by atoms with van der Waals surface area (Å²) in [6.45, 7) is 10.5. The Hall–Kier alpha value is -2.37. The Morgan fingerprint density at radius 1 is 1.25 bits per heavy atom. The first-order valence-electron chi connectivity index (χ1n) is 9.97. The average molecular weight is 389 g/mol. The highest BCUT2D eigenvalue weighted by atomic mass is 16.6. The van der Waals surface area contributed by atoms with E-state index in [1.54, 1.807) is 20.8 Å². The molecule has 0 spiro atoms. The third-order valence-corrected chi connectivity index (χ3v) is 5.27. The quantitative estimate of drug-likeness (QED) is 0.694. The maximum Gasteiger partial charge on any atom is 0.407 e. The molecule has 2 rings (SSSR count). The highest BCUT2D eigenvalue weighted by Crippen LogP contribution is 2.57. The van der Waals surface area contributed by atoms with E-state index < -0.39 is 23.2 Å². The minimum atomic E-state index is -0.712. The van der Waals surface area contributed by atoms with E-state index >= 15 is 0 Å². The number of rotatable bonds is 8. The number of hydrogen-bond acceptors (Lipinski definition) is 4. The van der Waals surface area contributed by atoms with E-state index in [2.05, 4.69) is 5.32 Å². The zero-order valence-electron chi connectivity index (χ0n) is 17.5. The van der Waals surface area contributed by atoms with Crippen molar-refractivity contribution in [2.45, 2.75) is 64.5 Å². The van der Waals surface area contributed by atoms with Gasteiger partial charge in [0.15, 0.2) is 0 Å². The Labute approximate surface area is 167 Å². The van der Waals surface area contributed by atoms with Crippen LogP contribution in [0.15, 0.2) is 30.3 Å². The molecule has 1 aliphatic carbocycles. The van der Waals surface area contributed by atoms with E-state index in [9.17, 15) is 14.4 Å². The van der Waals surface area contributed by atoms with Gasteiger partial charge in [0, 0.05) is 25.6 Å². The van der Waals surface area contributed by atoms with E-state index in [4.69, 9.17) is 4.74 Å². The van der Waals surface area contributed by atoms with Crippen molar-refractivity contribution < 1.29 is 19.1 Å². The molecule has 0 radical (unpaired) electrons. The van der Waals surface area contributed by atoms with Gasteiger partial charge in [0.1, 0.15) is 11.9 Å². The predicted molar refractivity (Wildman–Crippen MR) is 108 cm³/mol. The van der Waals surface area contributed by atoms with Gasteiger partial charge in [0.25, 0.3) is 0 Å². The largest absolute Gasteiger partial charge is 0.444 e. The van der Waals surface area contributed by atoms with E-state index in [-0.39, 0.29) is 18.2 Å². The predicted octanol–water partition coefficient (Wildman–Crippen LogP) is 3.30. The molecule has 2 amide bonds. The summed E-state index contributed by atoms with van der Waals surface area (Å²) in [5.74, 6) is -0.101. The van der Waals surface area contributed by atoms with Crippen LogP contribution >= 0.6 is 0 Å². The van der Waals surface area contributed by atoms with Gasteiger partial charge in [-0.15, -0.1) is 0 Å². The highest BCUT2D eigenvalue weighted by Gasteiger charge is 2.64. The van der Waals surface area contributed by atoms with Crippen molar-refractivity contribution in [3.8, 4) is 0 Å². The van der Waals surface area contributed by atoms with Gasteiger partial charge in [0.2, 0.25) is 5.91 Å². The molecule has 6 nitrogen and oxygen atoms in total. The first-order valence-corrected chi connectivity index (χ1v) is 9.97. The SMILES string of the molecule is CCN(CC)C(=O)[C@@]1(c2ccccc2)C[C@H]1[C@H](CC=O)NC(=O)OC(C)(C)C. The van der Waals surface area contributed by atoms with Gasteiger partial charge in [-0.1, -0.05) is 30.3 Å². The maximum atomic E-state index is 13.4. The second-order valence-corrected chi connectivity index (χ2v) is 8.28. The lowest BCUT2D eigenvalue weighted by atomic mass is 9.88. The van der Waals surface area contributed by atoms with Crippen molar-refractivity contribution in [3.05, 3.63) is 35.9 Å². The first-order chi connectivity index (χ1) is 13.2. The zero-order valence-corrected chi connectivity index (χ0v) is 17.5. The molecule has 154 valence electrons. The first kappa shape index (κ1) is 21.9. The summed E-state index contributed by atoms with van der Waals surface area (Å²) in [5, 5.41) is 2.83. The van der Waals surface area contributed by atoms with Crippen LogP contribution in [0, 0.1) is 5.92 Å². The van der Waals surface area contributed by atoms with Crippen LogP contribution in [0.1, 0.15) is 53.0 Å². The molecule has 1 aliphatic rings. The summed E-state index contributed by atoms with van der Waals surface area (Å²) in [7, 11) is 0. The lowest BCUT2D eigenvalue weighted by Gasteiger charge is -2.29. The number of carbonyl (C=O) groups excluding carboxylic acids is 3. The number of aldehydes is 1. The lowest BCUT2D eigenvalue weighted by Crippen LogP contribution is -2.45. The van der Waals surface area contributed by atoms with Crippen LogP contribution in [-0.4, -0.2) is 47.9 Å². The molecule has 28 heavy (non-hydrogen) atoms. The molecule has 0 bridgehead atoms. The molecule has 3 atom stereocenters. The molecular formula is C22H32N2O4. The van der Waals surface area contributed by atoms with Crippen molar-refractivity contribution in [2.24, 2.45) is 5.92 Å². The number of carbonyl (C=O) groups is 3. The Balaban J connectivity index is 2.32. The van der Waals surface area contributed by atoms with Gasteiger partial charge < -0.3 is 19.7 Å². The molecule has 1 N–H and O–H groups in total. The molecule has 1 saturated carbocycles. The minimum absolute atomic E-state index is 0.0515. The van der Waals surface area contributed by atoms with E-state index in [0.717, 1.165) is 11.8 Å². The fraction of sp³-hybridized carbons (Fsp3) is 0.591. The zero-order chi connectivity index (χ0) is 20.9. The second-order valence-electron chi connectivity index (χ2n) is 8.28. The van der Waals surface area contributed by atoms with Crippen LogP contribution < -0.4 is 5.32 Å². The smallest absolute Gasteiger partial charge is 0.407 e. The van der Waals surface area contributed by atoms with Crippen molar-refractivity contribution in [1.29, 1.82) is 0 Å². The van der Waals surface area contributed by atoms with Crippen LogP contribution in [0.2, 0.25) is 0 Å². The van der Waals surface area contributed by atoms with E-state index in [0.29, 0.717) is 19.5 Å². The number of benzene rings is 1. The Morgan fingerprint density at radius 3 is 2.36 bits per heavy atom. The van der Waals surface area contributed by atoms with Crippen molar-refractivity contribution in [1.82, 2.24) is 10.2 Å². The summed E-state index contributed by atoms with van der Waals surface area (Å²) in [4.78, 5) is 38.8. The fourth-order valence-electron chi connectivity index (χ4n) is 3.89. The molecule has 0 heterocycles. The number of likely N-dealkylation sites (N-methyl/N-ethyl adjacent to an activating group) is 1. The lowest BCUT2D eigenvalue weighted by molar-refractivity contribution is -0.134. The number of nitrogens with zero attached hydrogens (tertiary/aromatic N) is 1. The summed E-state index contributed by atoms with van der Waals surface area (Å²) in [6, 6.07) is 9.20. The summed E-state index contributed by atoms with van der Waals surface area (Å²) in [5.41, 5.74) is -0.415. The molecule has 1 aromatic carbocycles. The molecule has 0 unspecified atom stereocenters. The van der Waals surface area contributed by atoms with Gasteiger partial charge >= 0.3 is 6.09 Å². The Bertz CT molecular complexity index is 694. The summed E-state index contributed by atoms with van der Waals surface area (Å²) < 4.78 is 5.36. The third kappa shape index (κ3) is 4.72. The van der Waals surface area contributed by atoms with E-state index in [1.807, 2.05) is 49.1 Å². The van der Waals surface area contributed by atoms with Crippen molar-refractivity contribution in [2.75, 3.05) is 13.1 Å². The molecule has 0 aromatic heterocycles. The highest BCUT2D eigenvalue weighted by molar-refractivity contribution is 5.92. The van der Waals surface area contributed by atoms with Crippen LogP contribution in [0.3, 0.4) is 0 Å². The van der Waals surface area contributed by atoms with Crippen LogP contribution in [0.5, 0.6) is 0 Å². The standard InChI is InChI=1S/C22H32N2O4/c1-6-24(7-2)19(26)22(16-11-9-8-10-12-16)15-17(22)18(13-14-25)23-20(27)28-21(3,4)5/h8-12,14,17-18H,6-7,13,15H2,1-5H3,(H,23,27)/t17-,18-,22+/m0/s1. The van der Waals surface area contributed by atoms with Gasteiger partial charge in [0.05, 0.1) is 5.41 Å². The Morgan fingerprint density at radius 2 is 1.86 bits per heavy atom. The topological polar surface area (TPSA) is 75.7 Å². The molecule has 1 aromatic rings. The number of amides is 2. The third-order valence-electron chi connectivity index (χ3n) is 5.27. The van der Waals surface area contributed by atoms with Gasteiger partial charge in [-0.25, -0.2) is 4.79 Å². The second kappa shape index (κ2) is 8.76. The van der Waals surface area contributed by atoms with Crippen LogP contribution in [0.25, 0.3) is 0 Å². The molecular weight excluding hydrogens is 356 g/mol. The molecule has 0 saturated heterocycles. The number of ether oxygens (including phenoxy) is 1. The maximum absolute atomic E-state index is 13.4. The average Bonchev–Trinajstić information content (AvgIpc) is 3.38. The van der Waals surface area contributed by atoms with Gasteiger partial charge in [-0.05, 0) is 52.5 Å². The summed E-state index contributed by atoms with van der Waals surface area (Å²) in [6.07, 6.45) is 0.964. The monoisotopic (exact) mass is 388 g/mol.